The summed E-state index contributed by atoms with van der Waals surface area (Å²) in [5.41, 5.74) is 6.89. The molecular weight excluding hydrogens is 472 g/mol. The van der Waals surface area contributed by atoms with E-state index in [0.29, 0.717) is 31.6 Å². The molecule has 7 nitrogen and oxygen atoms in total. The minimum absolute atomic E-state index is 0.117. The monoisotopic (exact) mass is 504 g/mol. The molecule has 5 rings (SSSR count). The summed E-state index contributed by atoms with van der Waals surface area (Å²) < 4.78 is 25.7. The molecule has 0 atom stereocenters. The van der Waals surface area contributed by atoms with E-state index in [1.54, 1.807) is 0 Å². The van der Waals surface area contributed by atoms with E-state index >= 15 is 0 Å². The SMILES string of the molecule is CN1CCc2ccc(NC(=O)c3cccc(CNCc4ccc(N5CCCS5(=O)=O)cc4)c3)cc2C1. The molecule has 0 aromatic heterocycles. The highest BCUT2D eigenvalue weighted by Gasteiger charge is 2.28. The molecule has 1 fully saturated rings. The summed E-state index contributed by atoms with van der Waals surface area (Å²) in [5.74, 6) is 0.103. The van der Waals surface area contributed by atoms with Gasteiger partial charge >= 0.3 is 0 Å². The van der Waals surface area contributed by atoms with Crippen LogP contribution in [0.5, 0.6) is 0 Å². The van der Waals surface area contributed by atoms with Gasteiger partial charge in [0.2, 0.25) is 10.0 Å². The molecule has 3 aromatic rings. The van der Waals surface area contributed by atoms with E-state index in [1.807, 2.05) is 54.6 Å². The number of amides is 1. The second-order valence-electron chi connectivity index (χ2n) is 9.64. The molecule has 188 valence electrons. The van der Waals surface area contributed by atoms with Crippen LogP contribution >= 0.6 is 0 Å². The van der Waals surface area contributed by atoms with Crippen LogP contribution in [-0.2, 0) is 36.1 Å². The van der Waals surface area contributed by atoms with E-state index in [4.69, 9.17) is 0 Å². The predicted molar refractivity (Wildman–Crippen MR) is 144 cm³/mol. The normalized spacial score (nSPS) is 17.1. The first-order chi connectivity index (χ1) is 17.4. The maximum atomic E-state index is 12.9. The molecule has 1 saturated heterocycles. The Hall–Kier alpha value is -3.20. The maximum absolute atomic E-state index is 12.9. The molecule has 0 saturated carbocycles. The maximum Gasteiger partial charge on any atom is 0.255 e. The Morgan fingerprint density at radius 1 is 0.917 bits per heavy atom. The number of benzene rings is 3. The van der Waals surface area contributed by atoms with Gasteiger partial charge in [-0.3, -0.25) is 9.10 Å². The molecule has 2 heterocycles. The number of rotatable bonds is 7. The zero-order valence-corrected chi connectivity index (χ0v) is 21.4. The van der Waals surface area contributed by atoms with Gasteiger partial charge < -0.3 is 15.5 Å². The molecule has 2 aliphatic rings. The summed E-state index contributed by atoms with van der Waals surface area (Å²) in [6.07, 6.45) is 1.72. The van der Waals surface area contributed by atoms with Crippen molar-refractivity contribution >= 4 is 27.3 Å². The fourth-order valence-corrected chi connectivity index (χ4v) is 6.43. The molecule has 0 aliphatic carbocycles. The number of sulfonamides is 1. The second-order valence-corrected chi connectivity index (χ2v) is 11.7. The van der Waals surface area contributed by atoms with Gasteiger partial charge in [-0.2, -0.15) is 0 Å². The lowest BCUT2D eigenvalue weighted by Crippen LogP contribution is -2.26. The first-order valence-electron chi connectivity index (χ1n) is 12.4. The van der Waals surface area contributed by atoms with Crippen LogP contribution in [0.1, 0.15) is 39.0 Å². The first kappa shape index (κ1) is 24.5. The number of anilines is 2. The van der Waals surface area contributed by atoms with Gasteiger partial charge in [-0.15, -0.1) is 0 Å². The molecular formula is C28H32N4O3S. The van der Waals surface area contributed by atoms with Crippen LogP contribution in [0.3, 0.4) is 0 Å². The lowest BCUT2D eigenvalue weighted by atomic mass is 9.99. The summed E-state index contributed by atoms with van der Waals surface area (Å²) in [5, 5.41) is 6.45. The molecule has 0 spiro atoms. The topological polar surface area (TPSA) is 81.8 Å². The summed E-state index contributed by atoms with van der Waals surface area (Å²) in [7, 11) is -1.05. The summed E-state index contributed by atoms with van der Waals surface area (Å²) in [4.78, 5) is 15.2. The van der Waals surface area contributed by atoms with Gasteiger partial charge in [-0.05, 0) is 78.5 Å². The van der Waals surface area contributed by atoms with Gasteiger partial charge in [-0.1, -0.05) is 30.3 Å². The third-order valence-corrected chi connectivity index (χ3v) is 8.71. The number of carbonyl (C=O) groups is 1. The van der Waals surface area contributed by atoms with Crippen molar-refractivity contribution in [2.24, 2.45) is 0 Å². The molecule has 8 heteroatoms. The smallest absolute Gasteiger partial charge is 0.255 e. The predicted octanol–water partition coefficient (Wildman–Crippen LogP) is 3.76. The highest BCUT2D eigenvalue weighted by atomic mass is 32.2. The summed E-state index contributed by atoms with van der Waals surface area (Å²) in [6.45, 7) is 3.78. The van der Waals surface area contributed by atoms with Crippen LogP contribution < -0.4 is 14.9 Å². The van der Waals surface area contributed by atoms with Gasteiger partial charge in [0.05, 0.1) is 11.4 Å². The molecule has 0 unspecified atom stereocenters. The van der Waals surface area contributed by atoms with Crippen LogP contribution in [0.25, 0.3) is 0 Å². The highest BCUT2D eigenvalue weighted by molar-refractivity contribution is 7.93. The number of carbonyl (C=O) groups excluding carboxylic acids is 1. The lowest BCUT2D eigenvalue weighted by molar-refractivity contribution is 0.102. The van der Waals surface area contributed by atoms with E-state index in [-0.39, 0.29) is 11.7 Å². The van der Waals surface area contributed by atoms with Crippen LogP contribution in [0.4, 0.5) is 11.4 Å². The average molecular weight is 505 g/mol. The average Bonchev–Trinajstić information content (AvgIpc) is 3.23. The number of hydrogen-bond acceptors (Lipinski definition) is 5. The van der Waals surface area contributed by atoms with Gasteiger partial charge in [0.25, 0.3) is 5.91 Å². The summed E-state index contributed by atoms with van der Waals surface area (Å²) >= 11 is 0. The zero-order valence-electron chi connectivity index (χ0n) is 20.5. The van der Waals surface area contributed by atoms with E-state index < -0.39 is 10.0 Å². The lowest BCUT2D eigenvalue weighted by Gasteiger charge is -2.25. The molecule has 2 N–H and O–H groups in total. The molecule has 1 amide bonds. The van der Waals surface area contributed by atoms with Gasteiger partial charge in [-0.25, -0.2) is 8.42 Å². The fourth-order valence-electron chi connectivity index (χ4n) is 4.86. The van der Waals surface area contributed by atoms with Crippen LogP contribution in [0, 0.1) is 0 Å². The quantitative estimate of drug-likeness (QED) is 0.512. The summed E-state index contributed by atoms with van der Waals surface area (Å²) in [6, 6.07) is 21.5. The van der Waals surface area contributed by atoms with E-state index in [9.17, 15) is 13.2 Å². The van der Waals surface area contributed by atoms with Gasteiger partial charge in [0.15, 0.2) is 0 Å². The molecule has 0 radical (unpaired) electrons. The van der Waals surface area contributed by atoms with Crippen molar-refractivity contribution in [3.8, 4) is 0 Å². The third-order valence-electron chi connectivity index (χ3n) is 6.84. The number of nitrogens with zero attached hydrogens (tertiary/aromatic N) is 2. The minimum atomic E-state index is -3.16. The Morgan fingerprint density at radius 3 is 2.50 bits per heavy atom. The Bertz CT molecular complexity index is 1360. The van der Waals surface area contributed by atoms with Crippen LogP contribution in [0.2, 0.25) is 0 Å². The van der Waals surface area contributed by atoms with Crippen molar-refractivity contribution in [1.29, 1.82) is 0 Å². The zero-order chi connectivity index (χ0) is 25.1. The Labute approximate surface area is 213 Å². The standard InChI is InChI=1S/C28H32N4O3S/c1-31-14-12-23-8-9-26(17-25(23)20-31)30-28(33)24-5-2-4-22(16-24)19-29-18-21-6-10-27(11-7-21)32-13-3-15-36(32,34)35/h2,4-11,16-17,29H,3,12-15,18-20H2,1H3,(H,30,33). The molecule has 0 bridgehead atoms. The second kappa shape index (κ2) is 10.4. The van der Waals surface area contributed by atoms with Crippen molar-refractivity contribution in [2.75, 3.05) is 35.5 Å². The van der Waals surface area contributed by atoms with E-state index in [0.717, 1.165) is 42.0 Å². The van der Waals surface area contributed by atoms with Crippen LogP contribution in [0.15, 0.2) is 66.7 Å². The fraction of sp³-hybridized carbons (Fsp3) is 0.321. The van der Waals surface area contributed by atoms with Crippen molar-refractivity contribution in [1.82, 2.24) is 10.2 Å². The number of nitrogens with one attached hydrogen (secondary N) is 2. The highest BCUT2D eigenvalue weighted by Crippen LogP contribution is 2.24. The van der Waals surface area contributed by atoms with Crippen molar-refractivity contribution in [3.05, 3.63) is 94.5 Å². The largest absolute Gasteiger partial charge is 0.322 e. The number of likely N-dealkylation sites (N-methyl/N-ethyl adjacent to an activating group) is 1. The van der Waals surface area contributed by atoms with Crippen molar-refractivity contribution in [3.63, 3.8) is 0 Å². The van der Waals surface area contributed by atoms with E-state index in [2.05, 4.69) is 34.7 Å². The van der Waals surface area contributed by atoms with Gasteiger partial charge in [0.1, 0.15) is 0 Å². The van der Waals surface area contributed by atoms with Gasteiger partial charge in [0, 0.05) is 44.0 Å². The Morgan fingerprint density at radius 2 is 1.72 bits per heavy atom. The third kappa shape index (κ3) is 5.61. The minimum Gasteiger partial charge on any atom is -0.322 e. The number of hydrogen-bond donors (Lipinski definition) is 2. The Kier molecular flexibility index (Phi) is 7.09. The first-order valence-corrected chi connectivity index (χ1v) is 14.0. The van der Waals surface area contributed by atoms with Crippen LogP contribution in [-0.4, -0.2) is 45.1 Å². The van der Waals surface area contributed by atoms with Crippen molar-refractivity contribution < 1.29 is 13.2 Å². The Balaban J connectivity index is 1.16. The molecule has 3 aromatic carbocycles. The molecule has 2 aliphatic heterocycles. The van der Waals surface area contributed by atoms with E-state index in [1.165, 1.54) is 15.4 Å². The number of fused-ring (bicyclic) bond motifs is 1. The molecule has 36 heavy (non-hydrogen) atoms. The van der Waals surface area contributed by atoms with Crippen molar-refractivity contribution in [2.45, 2.75) is 32.5 Å².